The lowest BCUT2D eigenvalue weighted by molar-refractivity contribution is 0.987. The van der Waals surface area contributed by atoms with E-state index in [-0.39, 0.29) is 0 Å². The molecule has 3 aromatic heterocycles. The monoisotopic (exact) mass is 285 g/mol. The van der Waals surface area contributed by atoms with Crippen molar-refractivity contribution in [2.45, 2.75) is 6.92 Å². The fraction of sp³-hybridized carbons (Fsp3) is 0.0556. The molecule has 0 fully saturated rings. The number of nitrogens with zero attached hydrogens (tertiary/aromatic N) is 4. The number of imidazole rings is 1. The van der Waals surface area contributed by atoms with Crippen molar-refractivity contribution in [1.82, 2.24) is 19.5 Å². The van der Waals surface area contributed by atoms with Crippen molar-refractivity contribution in [3.05, 3.63) is 72.8 Å². The molecule has 1 aromatic carbocycles. The molecule has 4 nitrogen and oxygen atoms in total. The summed E-state index contributed by atoms with van der Waals surface area (Å²) in [5, 5.41) is 0. The second-order valence-corrected chi connectivity index (χ2v) is 5.03. The summed E-state index contributed by atoms with van der Waals surface area (Å²) in [5.74, 6) is 0.917. The van der Waals surface area contributed by atoms with E-state index in [1.54, 1.807) is 12.4 Å². The van der Waals surface area contributed by atoms with E-state index in [0.717, 1.165) is 33.9 Å². The van der Waals surface area contributed by atoms with Gasteiger partial charge in [-0.1, -0.05) is 12.1 Å². The van der Waals surface area contributed by atoms with Crippen LogP contribution in [0.2, 0.25) is 0 Å². The lowest BCUT2D eigenvalue weighted by Crippen LogP contribution is -1.98. The van der Waals surface area contributed by atoms with Gasteiger partial charge in [-0.2, -0.15) is 0 Å². The fourth-order valence-corrected chi connectivity index (χ4v) is 2.59. The van der Waals surface area contributed by atoms with Gasteiger partial charge in [0.15, 0.2) is 5.65 Å². The van der Waals surface area contributed by atoms with Crippen molar-refractivity contribution in [2.75, 3.05) is 0 Å². The van der Waals surface area contributed by atoms with Crippen LogP contribution >= 0.6 is 0 Å². The fourth-order valence-electron chi connectivity index (χ4n) is 2.59. The van der Waals surface area contributed by atoms with Crippen LogP contribution in [0.4, 0.5) is 0 Å². The maximum atomic E-state index is 4.81. The van der Waals surface area contributed by atoms with E-state index in [2.05, 4.69) is 20.6 Å². The molecule has 1 radical (unpaired) electrons. The topological polar surface area (TPSA) is 43.6 Å². The Morgan fingerprint density at radius 1 is 0.909 bits per heavy atom. The molecule has 4 rings (SSSR count). The SMILES string of the molecule is Cc1nc2ccc(-c3ccncc3)nc2n1-c1cc[c]cc1. The van der Waals surface area contributed by atoms with Gasteiger partial charge in [0.1, 0.15) is 11.3 Å². The number of fused-ring (bicyclic) bond motifs is 1. The van der Waals surface area contributed by atoms with E-state index in [1.807, 2.05) is 55.5 Å². The highest BCUT2D eigenvalue weighted by Crippen LogP contribution is 2.23. The van der Waals surface area contributed by atoms with Gasteiger partial charge < -0.3 is 0 Å². The number of hydrogen-bond acceptors (Lipinski definition) is 3. The highest BCUT2D eigenvalue weighted by molar-refractivity contribution is 5.77. The van der Waals surface area contributed by atoms with Crippen LogP contribution in [0.25, 0.3) is 28.1 Å². The molecular weight excluding hydrogens is 272 g/mol. The summed E-state index contributed by atoms with van der Waals surface area (Å²) >= 11 is 0. The van der Waals surface area contributed by atoms with Crippen molar-refractivity contribution >= 4 is 11.2 Å². The molecule has 105 valence electrons. The minimum Gasteiger partial charge on any atom is -0.281 e. The summed E-state index contributed by atoms with van der Waals surface area (Å²) in [5.41, 5.74) is 4.75. The predicted octanol–water partition coefficient (Wildman–Crippen LogP) is 3.59. The molecule has 0 amide bonds. The van der Waals surface area contributed by atoms with Gasteiger partial charge >= 0.3 is 0 Å². The average molecular weight is 285 g/mol. The molecule has 0 aliphatic carbocycles. The zero-order valence-electron chi connectivity index (χ0n) is 12.1. The quantitative estimate of drug-likeness (QED) is 0.565. The van der Waals surface area contributed by atoms with E-state index in [1.165, 1.54) is 0 Å². The maximum Gasteiger partial charge on any atom is 0.165 e. The Morgan fingerprint density at radius 3 is 2.45 bits per heavy atom. The molecule has 4 aromatic rings. The third kappa shape index (κ3) is 2.05. The van der Waals surface area contributed by atoms with Crippen LogP contribution in [-0.2, 0) is 0 Å². The summed E-state index contributed by atoms with van der Waals surface area (Å²) in [6.45, 7) is 1.99. The van der Waals surface area contributed by atoms with E-state index in [0.29, 0.717) is 0 Å². The van der Waals surface area contributed by atoms with E-state index >= 15 is 0 Å². The number of rotatable bonds is 2. The average Bonchev–Trinajstić information content (AvgIpc) is 2.91. The Labute approximate surface area is 128 Å². The van der Waals surface area contributed by atoms with Gasteiger partial charge in [-0.3, -0.25) is 9.55 Å². The van der Waals surface area contributed by atoms with Gasteiger partial charge in [-0.25, -0.2) is 9.97 Å². The molecule has 0 unspecified atom stereocenters. The van der Waals surface area contributed by atoms with Crippen molar-refractivity contribution < 1.29 is 0 Å². The van der Waals surface area contributed by atoms with Crippen LogP contribution in [0.3, 0.4) is 0 Å². The second kappa shape index (κ2) is 5.07. The number of hydrogen-bond donors (Lipinski definition) is 0. The van der Waals surface area contributed by atoms with Crippen molar-refractivity contribution in [1.29, 1.82) is 0 Å². The first-order chi connectivity index (χ1) is 10.8. The number of aryl methyl sites for hydroxylation is 1. The molecule has 0 bridgehead atoms. The van der Waals surface area contributed by atoms with E-state index in [4.69, 9.17) is 4.98 Å². The van der Waals surface area contributed by atoms with Crippen LogP contribution in [0, 0.1) is 13.0 Å². The number of aromatic nitrogens is 4. The Morgan fingerprint density at radius 2 is 1.68 bits per heavy atom. The molecule has 0 atom stereocenters. The first kappa shape index (κ1) is 12.7. The largest absolute Gasteiger partial charge is 0.281 e. The normalized spacial score (nSPS) is 11.0. The molecule has 0 saturated heterocycles. The molecule has 0 aliphatic heterocycles. The summed E-state index contributed by atoms with van der Waals surface area (Å²) in [6.07, 6.45) is 3.55. The smallest absolute Gasteiger partial charge is 0.165 e. The zero-order valence-corrected chi connectivity index (χ0v) is 12.1. The lowest BCUT2D eigenvalue weighted by Gasteiger charge is -2.06. The molecule has 22 heavy (non-hydrogen) atoms. The summed E-state index contributed by atoms with van der Waals surface area (Å²) in [6, 6.07) is 18.8. The molecule has 4 heteroatoms. The highest BCUT2D eigenvalue weighted by atomic mass is 15.1. The Balaban J connectivity index is 1.96. The van der Waals surface area contributed by atoms with Crippen molar-refractivity contribution in [3.8, 4) is 16.9 Å². The molecule has 0 saturated carbocycles. The molecule has 0 spiro atoms. The molecule has 3 heterocycles. The first-order valence-electron chi connectivity index (χ1n) is 7.06. The third-order valence-corrected chi connectivity index (χ3v) is 3.61. The van der Waals surface area contributed by atoms with Crippen LogP contribution in [-0.4, -0.2) is 19.5 Å². The Kier molecular flexibility index (Phi) is 2.93. The van der Waals surface area contributed by atoms with Crippen LogP contribution in [0.15, 0.2) is 60.9 Å². The van der Waals surface area contributed by atoms with Crippen LogP contribution in [0.1, 0.15) is 5.82 Å². The standard InChI is InChI=1S/C18H13N4/c1-13-20-17-8-7-16(14-9-11-19-12-10-14)21-18(17)22(13)15-5-3-2-4-6-15/h3-12H,1H3. The van der Waals surface area contributed by atoms with Crippen LogP contribution in [0.5, 0.6) is 0 Å². The minimum absolute atomic E-state index is 0.859. The Hall–Kier alpha value is -3.01. The summed E-state index contributed by atoms with van der Waals surface area (Å²) in [4.78, 5) is 13.5. The maximum absolute atomic E-state index is 4.81. The molecular formula is C18H13N4. The third-order valence-electron chi connectivity index (χ3n) is 3.61. The Bertz CT molecular complexity index is 927. The van der Waals surface area contributed by atoms with Gasteiger partial charge in [-0.15, -0.1) is 0 Å². The molecule has 0 aliphatic rings. The number of pyridine rings is 2. The van der Waals surface area contributed by atoms with Gasteiger partial charge in [0.2, 0.25) is 0 Å². The summed E-state index contributed by atoms with van der Waals surface area (Å²) < 4.78 is 2.06. The van der Waals surface area contributed by atoms with Crippen molar-refractivity contribution in [2.24, 2.45) is 0 Å². The van der Waals surface area contributed by atoms with E-state index in [9.17, 15) is 0 Å². The van der Waals surface area contributed by atoms with Gasteiger partial charge in [0.25, 0.3) is 0 Å². The highest BCUT2D eigenvalue weighted by Gasteiger charge is 2.11. The first-order valence-corrected chi connectivity index (χ1v) is 7.06. The zero-order chi connectivity index (χ0) is 14.9. The predicted molar refractivity (Wildman–Crippen MR) is 85.7 cm³/mol. The second-order valence-electron chi connectivity index (χ2n) is 5.03. The number of benzene rings is 1. The van der Waals surface area contributed by atoms with Gasteiger partial charge in [0.05, 0.1) is 5.69 Å². The summed E-state index contributed by atoms with van der Waals surface area (Å²) in [7, 11) is 0. The van der Waals surface area contributed by atoms with E-state index < -0.39 is 0 Å². The van der Waals surface area contributed by atoms with Gasteiger partial charge in [-0.05, 0) is 49.4 Å². The van der Waals surface area contributed by atoms with Gasteiger partial charge in [0, 0.05) is 23.6 Å². The minimum atomic E-state index is 0.859. The lowest BCUT2D eigenvalue weighted by atomic mass is 10.2. The van der Waals surface area contributed by atoms with Crippen LogP contribution < -0.4 is 0 Å². The van der Waals surface area contributed by atoms with Crippen molar-refractivity contribution in [3.63, 3.8) is 0 Å². The molecule has 0 N–H and O–H groups in total.